The van der Waals surface area contributed by atoms with Crippen LogP contribution < -0.4 is 0 Å². The van der Waals surface area contributed by atoms with Gasteiger partial charge in [-0.05, 0) is 17.5 Å². The molecule has 0 saturated carbocycles. The van der Waals surface area contributed by atoms with Gasteiger partial charge in [-0.15, -0.1) is 0 Å². The summed E-state index contributed by atoms with van der Waals surface area (Å²) in [6.07, 6.45) is 4.29. The van der Waals surface area contributed by atoms with E-state index in [1.807, 2.05) is 6.07 Å². The molecule has 0 fully saturated rings. The molecule has 0 amide bonds. The average Bonchev–Trinajstić information content (AvgIpc) is 2.17. The van der Waals surface area contributed by atoms with Crippen LogP contribution in [0.4, 0.5) is 0 Å². The molecular weight excluding hydrogens is 216 g/mol. The maximum Gasteiger partial charge on any atom is 0.0687 e. The number of benzene rings is 1. The molecule has 0 unspecified atom stereocenters. The van der Waals surface area contributed by atoms with Crippen LogP contribution in [0.15, 0.2) is 58.5 Å². The van der Waals surface area contributed by atoms with Crippen molar-refractivity contribution in [2.75, 3.05) is 0 Å². The largest absolute Gasteiger partial charge is 0.0981 e. The number of allylic oxidation sites excluding steroid dienone is 2. The van der Waals surface area contributed by atoms with Gasteiger partial charge in [0.2, 0.25) is 0 Å². The molecule has 0 bridgehead atoms. The third-order valence-corrected chi connectivity index (χ3v) is 3.76. The molecule has 0 aliphatic carbocycles. The molecule has 0 aliphatic rings. The third-order valence-electron chi connectivity index (χ3n) is 1.73. The predicted molar refractivity (Wildman–Crippen MR) is 73.9 cm³/mol. The van der Waals surface area contributed by atoms with Crippen LogP contribution in [-0.2, 0) is 0 Å². The smallest absolute Gasteiger partial charge is 0.0687 e. The van der Waals surface area contributed by atoms with Crippen LogP contribution in [0.3, 0.4) is 0 Å². The lowest BCUT2D eigenvalue weighted by atomic mass is 10.4. The lowest BCUT2D eigenvalue weighted by Gasteiger charge is -2.06. The first kappa shape index (κ1) is 12.3. The summed E-state index contributed by atoms with van der Waals surface area (Å²) in [6, 6.07) is 10.4. The molecule has 0 spiro atoms. The summed E-state index contributed by atoms with van der Waals surface area (Å²) in [5.74, 6) is 0. The van der Waals surface area contributed by atoms with Gasteiger partial charge in [0, 0.05) is 4.90 Å². The topological polar surface area (TPSA) is 0 Å². The van der Waals surface area contributed by atoms with Gasteiger partial charge in [0.15, 0.2) is 0 Å². The van der Waals surface area contributed by atoms with Gasteiger partial charge in [-0.2, -0.15) is 0 Å². The minimum atomic E-state index is -1.03. The van der Waals surface area contributed by atoms with E-state index >= 15 is 0 Å². The minimum absolute atomic E-state index is 1.03. The maximum absolute atomic E-state index is 2.34. The summed E-state index contributed by atoms with van der Waals surface area (Å²) in [6.45, 7) is 7.00. The lowest BCUT2D eigenvalue weighted by molar-refractivity contribution is 1.47. The summed E-state index contributed by atoms with van der Waals surface area (Å²) < 4.78 is 0. The molecule has 1 aromatic carbocycles. The Hall–Kier alpha value is -0.733. The summed E-state index contributed by atoms with van der Waals surface area (Å²) in [4.78, 5) is 1.29. The number of rotatable bonds is 4. The fraction of sp³-hybridized carbons (Fsp3) is 0.231. The molecule has 1 aromatic rings. The van der Waals surface area contributed by atoms with Crippen LogP contribution in [-0.4, -0.2) is 8.07 Å². The zero-order chi connectivity index (χ0) is 11.1. The third kappa shape index (κ3) is 6.36. The highest BCUT2D eigenvalue weighted by Crippen LogP contribution is 2.17. The fourth-order valence-corrected chi connectivity index (χ4v) is 2.34. The Morgan fingerprint density at radius 2 is 1.67 bits per heavy atom. The van der Waals surface area contributed by atoms with Gasteiger partial charge in [-0.1, -0.05) is 67.5 Å². The first-order chi connectivity index (χ1) is 7.08. The standard InChI is InChI=1S/C13H18SSi/c1-15(2,3)12-8-7-11-14-13-9-5-4-6-10-13/h4-12H,1-3H3/b11-7+,12-8+. The Kier molecular flexibility index (Phi) is 4.92. The molecule has 0 nitrogen and oxygen atoms in total. The second-order valence-electron chi connectivity index (χ2n) is 4.48. The summed E-state index contributed by atoms with van der Waals surface area (Å²) in [5, 5.41) is 2.13. The van der Waals surface area contributed by atoms with Crippen molar-refractivity contribution in [2.45, 2.75) is 24.5 Å². The highest BCUT2D eigenvalue weighted by molar-refractivity contribution is 8.02. The first-order valence-electron chi connectivity index (χ1n) is 5.14. The monoisotopic (exact) mass is 234 g/mol. The number of thioether (sulfide) groups is 1. The van der Waals surface area contributed by atoms with E-state index in [0.717, 1.165) is 0 Å². The zero-order valence-electron chi connectivity index (χ0n) is 9.60. The summed E-state index contributed by atoms with van der Waals surface area (Å²) in [7, 11) is -1.03. The van der Waals surface area contributed by atoms with E-state index in [2.05, 4.69) is 67.2 Å². The Labute approximate surface area is 98.1 Å². The Morgan fingerprint density at radius 1 is 1.00 bits per heavy atom. The molecule has 0 N–H and O–H groups in total. The van der Waals surface area contributed by atoms with Gasteiger partial charge in [0.05, 0.1) is 8.07 Å². The van der Waals surface area contributed by atoms with Gasteiger partial charge < -0.3 is 0 Å². The van der Waals surface area contributed by atoms with E-state index in [9.17, 15) is 0 Å². The lowest BCUT2D eigenvalue weighted by Crippen LogP contribution is -2.14. The molecule has 80 valence electrons. The van der Waals surface area contributed by atoms with Crippen LogP contribution in [0.2, 0.25) is 19.6 Å². The Balaban J connectivity index is 2.38. The zero-order valence-corrected chi connectivity index (χ0v) is 11.4. The molecule has 0 radical (unpaired) electrons. The highest BCUT2D eigenvalue weighted by atomic mass is 32.2. The summed E-state index contributed by atoms with van der Waals surface area (Å²) in [5.41, 5.74) is 2.34. The van der Waals surface area contributed by atoms with Crippen LogP contribution in [0.5, 0.6) is 0 Å². The van der Waals surface area contributed by atoms with Crippen molar-refractivity contribution >= 4 is 19.8 Å². The van der Waals surface area contributed by atoms with Crippen LogP contribution in [0, 0.1) is 0 Å². The SMILES string of the molecule is C[Si](C)(C)/C=C/C=C/Sc1ccccc1. The van der Waals surface area contributed by atoms with Crippen molar-refractivity contribution in [3.05, 3.63) is 53.6 Å². The van der Waals surface area contributed by atoms with Crippen molar-refractivity contribution in [1.82, 2.24) is 0 Å². The van der Waals surface area contributed by atoms with E-state index < -0.39 is 8.07 Å². The van der Waals surface area contributed by atoms with Crippen molar-refractivity contribution in [1.29, 1.82) is 0 Å². The average molecular weight is 234 g/mol. The summed E-state index contributed by atoms with van der Waals surface area (Å²) >= 11 is 1.75. The van der Waals surface area contributed by atoms with E-state index in [-0.39, 0.29) is 0 Å². The quantitative estimate of drug-likeness (QED) is 0.412. The molecule has 0 aromatic heterocycles. The number of hydrogen-bond acceptors (Lipinski definition) is 1. The maximum atomic E-state index is 2.34. The number of hydrogen-bond donors (Lipinski definition) is 0. The Bertz CT molecular complexity index is 333. The van der Waals surface area contributed by atoms with Crippen molar-refractivity contribution < 1.29 is 0 Å². The van der Waals surface area contributed by atoms with Gasteiger partial charge in [0.25, 0.3) is 0 Å². The van der Waals surface area contributed by atoms with Crippen LogP contribution >= 0.6 is 11.8 Å². The van der Waals surface area contributed by atoms with Gasteiger partial charge in [0.1, 0.15) is 0 Å². The van der Waals surface area contributed by atoms with E-state index in [1.165, 1.54) is 4.90 Å². The molecule has 0 heterocycles. The molecule has 2 heteroatoms. The predicted octanol–water partition coefficient (Wildman–Crippen LogP) is 4.73. The molecule has 15 heavy (non-hydrogen) atoms. The van der Waals surface area contributed by atoms with Gasteiger partial charge >= 0.3 is 0 Å². The second kappa shape index (κ2) is 5.98. The fourth-order valence-electron chi connectivity index (χ4n) is 1.01. The minimum Gasteiger partial charge on any atom is -0.0981 e. The molecule has 0 saturated heterocycles. The van der Waals surface area contributed by atoms with E-state index in [0.29, 0.717) is 0 Å². The highest BCUT2D eigenvalue weighted by Gasteiger charge is 2.05. The van der Waals surface area contributed by atoms with Crippen molar-refractivity contribution in [3.8, 4) is 0 Å². The molecule has 0 aliphatic heterocycles. The van der Waals surface area contributed by atoms with Gasteiger partial charge in [-0.3, -0.25) is 0 Å². The normalized spacial score (nSPS) is 12.7. The Morgan fingerprint density at radius 3 is 2.27 bits per heavy atom. The van der Waals surface area contributed by atoms with Crippen molar-refractivity contribution in [3.63, 3.8) is 0 Å². The van der Waals surface area contributed by atoms with Gasteiger partial charge in [-0.25, -0.2) is 0 Å². The molecule has 0 atom stereocenters. The van der Waals surface area contributed by atoms with E-state index in [1.54, 1.807) is 11.8 Å². The van der Waals surface area contributed by atoms with Crippen LogP contribution in [0.25, 0.3) is 0 Å². The second-order valence-corrected chi connectivity index (χ2v) is 10.5. The first-order valence-corrected chi connectivity index (χ1v) is 9.60. The molecule has 1 rings (SSSR count). The van der Waals surface area contributed by atoms with Crippen molar-refractivity contribution in [2.24, 2.45) is 0 Å². The van der Waals surface area contributed by atoms with E-state index in [4.69, 9.17) is 0 Å². The molecular formula is C13H18SSi. The van der Waals surface area contributed by atoms with Crippen LogP contribution in [0.1, 0.15) is 0 Å².